The Labute approximate surface area is 107 Å². The van der Waals surface area contributed by atoms with Crippen LogP contribution in [0.3, 0.4) is 0 Å². The molecule has 0 saturated carbocycles. The monoisotopic (exact) mass is 234 g/mol. The summed E-state index contributed by atoms with van der Waals surface area (Å²) in [5.41, 5.74) is 2.42. The van der Waals surface area contributed by atoms with E-state index >= 15 is 0 Å². The summed E-state index contributed by atoms with van der Waals surface area (Å²) in [5, 5.41) is 0. The van der Waals surface area contributed by atoms with Gasteiger partial charge in [0.2, 0.25) is 0 Å². The maximum atomic E-state index is 5.52. The number of hydrogen-bond donors (Lipinski definition) is 0. The maximum absolute atomic E-state index is 5.52. The maximum Gasteiger partial charge on any atom is 0.134 e. The third-order valence-electron chi connectivity index (χ3n) is 3.08. The van der Waals surface area contributed by atoms with Gasteiger partial charge >= 0.3 is 0 Å². The number of allylic oxidation sites excluding steroid dienone is 6. The molecule has 0 N–H and O–H groups in total. The molecule has 0 amide bonds. The minimum Gasteiger partial charge on any atom is -0.464 e. The average molecular weight is 234 g/mol. The number of rotatable bonds is 2. The lowest BCUT2D eigenvalue weighted by Gasteiger charge is -2.12. The second kappa shape index (κ2) is 4.92. The summed E-state index contributed by atoms with van der Waals surface area (Å²) in [5.74, 6) is 1.21. The highest BCUT2D eigenvalue weighted by molar-refractivity contribution is 5.64. The molecule has 1 heteroatoms. The molecule has 18 heavy (non-hydrogen) atoms. The Hall–Kier alpha value is -2.28. The standard InChI is InChI=1S/C17H14O/c1-2-4-9-14(8-3-1)15-10-5-6-11-16(15)17-12-7-13-18-17/h1-14H. The fourth-order valence-corrected chi connectivity index (χ4v) is 2.21. The van der Waals surface area contributed by atoms with Gasteiger partial charge in [0.1, 0.15) is 5.76 Å². The first-order valence-electron chi connectivity index (χ1n) is 6.09. The van der Waals surface area contributed by atoms with Crippen LogP contribution in [0.1, 0.15) is 11.5 Å². The van der Waals surface area contributed by atoms with Gasteiger partial charge in [-0.1, -0.05) is 60.7 Å². The minimum atomic E-state index is 0.293. The molecular formula is C17H14O. The lowest BCUT2D eigenvalue weighted by Crippen LogP contribution is -1.94. The van der Waals surface area contributed by atoms with E-state index in [-0.39, 0.29) is 0 Å². The van der Waals surface area contributed by atoms with Crippen LogP contribution in [0.5, 0.6) is 0 Å². The molecule has 1 aliphatic carbocycles. The van der Waals surface area contributed by atoms with Crippen molar-refractivity contribution < 1.29 is 4.42 Å². The molecule has 88 valence electrons. The molecule has 0 aliphatic heterocycles. The van der Waals surface area contributed by atoms with E-state index < -0.39 is 0 Å². The number of hydrogen-bond acceptors (Lipinski definition) is 1. The fourth-order valence-electron chi connectivity index (χ4n) is 2.21. The van der Waals surface area contributed by atoms with Crippen molar-refractivity contribution in [1.29, 1.82) is 0 Å². The summed E-state index contributed by atoms with van der Waals surface area (Å²) in [7, 11) is 0. The van der Waals surface area contributed by atoms with Crippen LogP contribution in [-0.2, 0) is 0 Å². The van der Waals surface area contributed by atoms with Crippen LogP contribution in [-0.4, -0.2) is 0 Å². The van der Waals surface area contributed by atoms with Crippen LogP contribution in [0.15, 0.2) is 83.5 Å². The second-order valence-electron chi connectivity index (χ2n) is 4.25. The lowest BCUT2D eigenvalue weighted by molar-refractivity contribution is 0.581. The molecule has 0 saturated heterocycles. The molecule has 1 nitrogen and oxygen atoms in total. The van der Waals surface area contributed by atoms with Crippen LogP contribution in [0.2, 0.25) is 0 Å². The first-order chi connectivity index (χ1) is 8.95. The molecule has 3 rings (SSSR count). The van der Waals surface area contributed by atoms with Gasteiger partial charge in [0.05, 0.1) is 6.26 Å². The predicted octanol–water partition coefficient (Wildman–Crippen LogP) is 4.71. The molecule has 0 atom stereocenters. The van der Waals surface area contributed by atoms with Crippen LogP contribution in [0, 0.1) is 0 Å². The minimum absolute atomic E-state index is 0.293. The largest absolute Gasteiger partial charge is 0.464 e. The zero-order valence-electron chi connectivity index (χ0n) is 9.99. The van der Waals surface area contributed by atoms with Crippen LogP contribution in [0.4, 0.5) is 0 Å². The van der Waals surface area contributed by atoms with Gasteiger partial charge in [0.25, 0.3) is 0 Å². The fraction of sp³-hybridized carbons (Fsp3) is 0.0588. The second-order valence-corrected chi connectivity index (χ2v) is 4.25. The van der Waals surface area contributed by atoms with Crippen LogP contribution < -0.4 is 0 Å². The van der Waals surface area contributed by atoms with Gasteiger partial charge in [-0.2, -0.15) is 0 Å². The Balaban J connectivity index is 2.07. The summed E-state index contributed by atoms with van der Waals surface area (Å²) in [6.07, 6.45) is 14.4. The SMILES string of the molecule is C1=CC=CC(c2ccccc2-c2ccco2)C=C1. The molecule has 0 fully saturated rings. The van der Waals surface area contributed by atoms with Gasteiger partial charge in [-0.15, -0.1) is 0 Å². The number of benzene rings is 1. The quantitative estimate of drug-likeness (QED) is 0.733. The van der Waals surface area contributed by atoms with Crippen LogP contribution in [0.25, 0.3) is 11.3 Å². The highest BCUT2D eigenvalue weighted by Crippen LogP contribution is 2.31. The van der Waals surface area contributed by atoms with E-state index in [1.165, 1.54) is 5.56 Å². The summed E-state index contributed by atoms with van der Waals surface area (Å²) >= 11 is 0. The molecular weight excluding hydrogens is 220 g/mol. The van der Waals surface area contributed by atoms with Crippen molar-refractivity contribution in [2.45, 2.75) is 5.92 Å². The molecule has 0 bridgehead atoms. The topological polar surface area (TPSA) is 13.1 Å². The molecule has 2 aromatic rings. The van der Waals surface area contributed by atoms with Gasteiger partial charge < -0.3 is 4.42 Å². The summed E-state index contributed by atoms with van der Waals surface area (Å²) in [6.45, 7) is 0. The van der Waals surface area contributed by atoms with Gasteiger partial charge in [0, 0.05) is 11.5 Å². The number of furan rings is 1. The van der Waals surface area contributed by atoms with E-state index in [1.54, 1.807) is 6.26 Å². The van der Waals surface area contributed by atoms with Gasteiger partial charge in [-0.05, 0) is 17.7 Å². The first-order valence-corrected chi connectivity index (χ1v) is 6.09. The van der Waals surface area contributed by atoms with Crippen molar-refractivity contribution in [3.63, 3.8) is 0 Å². The highest BCUT2D eigenvalue weighted by atomic mass is 16.3. The lowest BCUT2D eigenvalue weighted by atomic mass is 9.92. The normalized spacial score (nSPS) is 14.9. The zero-order valence-corrected chi connectivity index (χ0v) is 9.99. The summed E-state index contributed by atoms with van der Waals surface area (Å²) < 4.78 is 5.52. The smallest absolute Gasteiger partial charge is 0.134 e. The van der Waals surface area contributed by atoms with E-state index in [9.17, 15) is 0 Å². The average Bonchev–Trinajstić information content (AvgIpc) is 2.81. The highest BCUT2D eigenvalue weighted by Gasteiger charge is 2.12. The molecule has 1 aromatic carbocycles. The zero-order chi connectivity index (χ0) is 12.2. The van der Waals surface area contributed by atoms with Crippen molar-refractivity contribution in [3.05, 3.63) is 84.7 Å². The molecule has 0 radical (unpaired) electrons. The molecule has 1 heterocycles. The van der Waals surface area contributed by atoms with E-state index in [1.807, 2.05) is 30.4 Å². The van der Waals surface area contributed by atoms with E-state index in [4.69, 9.17) is 4.42 Å². The Kier molecular flexibility index (Phi) is 2.97. The van der Waals surface area contributed by atoms with E-state index in [0.29, 0.717) is 5.92 Å². The molecule has 1 aromatic heterocycles. The van der Waals surface area contributed by atoms with Crippen LogP contribution >= 0.6 is 0 Å². The van der Waals surface area contributed by atoms with E-state index in [2.05, 4.69) is 42.5 Å². The summed E-state index contributed by atoms with van der Waals surface area (Å²) in [4.78, 5) is 0. The Bertz CT molecular complexity index is 584. The Morgan fingerprint density at radius 3 is 2.28 bits per heavy atom. The first kappa shape index (κ1) is 10.8. The Morgan fingerprint density at radius 2 is 1.56 bits per heavy atom. The molecule has 0 unspecified atom stereocenters. The van der Waals surface area contributed by atoms with Crippen molar-refractivity contribution in [3.8, 4) is 11.3 Å². The van der Waals surface area contributed by atoms with Crippen molar-refractivity contribution in [2.75, 3.05) is 0 Å². The summed E-state index contributed by atoms with van der Waals surface area (Å²) in [6, 6.07) is 12.3. The third-order valence-corrected chi connectivity index (χ3v) is 3.08. The van der Waals surface area contributed by atoms with Gasteiger partial charge in [-0.25, -0.2) is 0 Å². The van der Waals surface area contributed by atoms with Crippen molar-refractivity contribution >= 4 is 0 Å². The van der Waals surface area contributed by atoms with Crippen molar-refractivity contribution in [1.82, 2.24) is 0 Å². The van der Waals surface area contributed by atoms with Gasteiger partial charge in [-0.3, -0.25) is 0 Å². The van der Waals surface area contributed by atoms with Crippen molar-refractivity contribution in [2.24, 2.45) is 0 Å². The molecule has 1 aliphatic rings. The molecule has 0 spiro atoms. The predicted molar refractivity (Wildman–Crippen MR) is 74.3 cm³/mol. The van der Waals surface area contributed by atoms with E-state index in [0.717, 1.165) is 11.3 Å². The Morgan fingerprint density at radius 1 is 0.778 bits per heavy atom. The third kappa shape index (κ3) is 2.07. The van der Waals surface area contributed by atoms with Gasteiger partial charge in [0.15, 0.2) is 0 Å².